The predicted octanol–water partition coefficient (Wildman–Crippen LogP) is 4.04. The second-order valence-electron chi connectivity index (χ2n) is 4.13. The van der Waals surface area contributed by atoms with Crippen molar-refractivity contribution in [1.82, 2.24) is 4.90 Å². The number of thiophene rings is 1. The lowest BCUT2D eigenvalue weighted by molar-refractivity contribution is 0.0777. The molecule has 0 aliphatic rings. The minimum absolute atomic E-state index is 0.101. The van der Waals surface area contributed by atoms with E-state index in [9.17, 15) is 9.18 Å². The Labute approximate surface area is 116 Å². The minimum atomic E-state index is -0.327. The summed E-state index contributed by atoms with van der Waals surface area (Å²) in [6.45, 7) is 5.11. The van der Waals surface area contributed by atoms with Gasteiger partial charge < -0.3 is 4.90 Å². The fourth-order valence-electron chi connectivity index (χ4n) is 1.93. The van der Waals surface area contributed by atoms with Crippen molar-refractivity contribution in [2.45, 2.75) is 13.8 Å². The molecule has 2 aromatic rings. The van der Waals surface area contributed by atoms with Gasteiger partial charge in [-0.25, -0.2) is 4.39 Å². The molecule has 0 saturated carbocycles. The van der Waals surface area contributed by atoms with Crippen molar-refractivity contribution in [2.24, 2.45) is 0 Å². The van der Waals surface area contributed by atoms with Crippen molar-refractivity contribution in [2.75, 3.05) is 13.1 Å². The predicted molar refractivity (Wildman–Crippen MR) is 77.0 cm³/mol. The number of rotatable bonds is 4. The van der Waals surface area contributed by atoms with Crippen molar-refractivity contribution in [3.05, 3.63) is 47.1 Å². The Morgan fingerprint density at radius 1 is 1.21 bits per heavy atom. The van der Waals surface area contributed by atoms with Crippen molar-refractivity contribution in [3.63, 3.8) is 0 Å². The normalized spacial score (nSPS) is 10.5. The van der Waals surface area contributed by atoms with Crippen molar-refractivity contribution in [3.8, 4) is 10.4 Å². The molecule has 1 aromatic carbocycles. The van der Waals surface area contributed by atoms with Crippen molar-refractivity contribution < 1.29 is 9.18 Å². The van der Waals surface area contributed by atoms with E-state index in [1.165, 1.54) is 17.4 Å². The summed E-state index contributed by atoms with van der Waals surface area (Å²) in [5.74, 6) is -0.428. The molecule has 0 unspecified atom stereocenters. The second kappa shape index (κ2) is 5.97. The highest BCUT2D eigenvalue weighted by atomic mass is 32.1. The maximum Gasteiger partial charge on any atom is 0.264 e. The topological polar surface area (TPSA) is 20.3 Å². The first-order valence-electron chi connectivity index (χ1n) is 6.31. The SMILES string of the molecule is CCN(CC)C(=O)c1cc(F)c(-c2ccccc2)s1. The van der Waals surface area contributed by atoms with Crippen LogP contribution in [0.4, 0.5) is 4.39 Å². The van der Waals surface area contributed by atoms with Crippen LogP contribution in [0, 0.1) is 5.82 Å². The lowest BCUT2D eigenvalue weighted by atomic mass is 10.2. The quantitative estimate of drug-likeness (QED) is 0.826. The minimum Gasteiger partial charge on any atom is -0.339 e. The van der Waals surface area contributed by atoms with Crippen LogP contribution >= 0.6 is 11.3 Å². The number of halogens is 1. The van der Waals surface area contributed by atoms with Gasteiger partial charge in [-0.1, -0.05) is 30.3 Å². The highest BCUT2D eigenvalue weighted by Gasteiger charge is 2.19. The Morgan fingerprint density at radius 3 is 2.42 bits per heavy atom. The van der Waals surface area contributed by atoms with Gasteiger partial charge in [-0.15, -0.1) is 11.3 Å². The summed E-state index contributed by atoms with van der Waals surface area (Å²) >= 11 is 1.21. The number of carbonyl (C=O) groups is 1. The monoisotopic (exact) mass is 277 g/mol. The molecule has 19 heavy (non-hydrogen) atoms. The van der Waals surface area contributed by atoms with Gasteiger partial charge in [0.15, 0.2) is 0 Å². The molecule has 2 nitrogen and oxygen atoms in total. The third kappa shape index (κ3) is 2.84. The van der Waals surface area contributed by atoms with Crippen LogP contribution < -0.4 is 0 Å². The van der Waals surface area contributed by atoms with Gasteiger partial charge in [-0.3, -0.25) is 4.79 Å². The molecule has 0 aliphatic heterocycles. The summed E-state index contributed by atoms with van der Waals surface area (Å²) < 4.78 is 14.0. The summed E-state index contributed by atoms with van der Waals surface area (Å²) in [5.41, 5.74) is 0.809. The van der Waals surface area contributed by atoms with E-state index in [1.54, 1.807) is 4.90 Å². The van der Waals surface area contributed by atoms with Gasteiger partial charge in [-0.05, 0) is 25.5 Å². The van der Waals surface area contributed by atoms with Crippen LogP contribution in [0.2, 0.25) is 0 Å². The van der Waals surface area contributed by atoms with Gasteiger partial charge in [0.25, 0.3) is 5.91 Å². The number of nitrogens with zero attached hydrogens (tertiary/aromatic N) is 1. The van der Waals surface area contributed by atoms with Crippen LogP contribution in [-0.2, 0) is 0 Å². The van der Waals surface area contributed by atoms with Crippen LogP contribution in [-0.4, -0.2) is 23.9 Å². The van der Waals surface area contributed by atoms with Gasteiger partial charge >= 0.3 is 0 Å². The van der Waals surface area contributed by atoms with Gasteiger partial charge in [0.05, 0.1) is 9.75 Å². The summed E-state index contributed by atoms with van der Waals surface area (Å²) in [7, 11) is 0. The fraction of sp³-hybridized carbons (Fsp3) is 0.267. The third-order valence-electron chi connectivity index (χ3n) is 2.98. The zero-order valence-electron chi connectivity index (χ0n) is 11.0. The summed E-state index contributed by atoms with van der Waals surface area (Å²) in [6, 6.07) is 10.6. The second-order valence-corrected chi connectivity index (χ2v) is 5.18. The number of hydrogen-bond donors (Lipinski definition) is 0. The Kier molecular flexibility index (Phi) is 4.32. The number of carbonyl (C=O) groups excluding carboxylic acids is 1. The largest absolute Gasteiger partial charge is 0.339 e. The first-order chi connectivity index (χ1) is 9.17. The van der Waals surface area contributed by atoms with Crippen LogP contribution in [0.25, 0.3) is 10.4 Å². The molecule has 0 N–H and O–H groups in total. The molecule has 0 saturated heterocycles. The summed E-state index contributed by atoms with van der Waals surface area (Å²) in [6.07, 6.45) is 0. The lowest BCUT2D eigenvalue weighted by Crippen LogP contribution is -2.29. The molecule has 0 radical (unpaired) electrons. The molecule has 0 spiro atoms. The number of hydrogen-bond acceptors (Lipinski definition) is 2. The van der Waals surface area contributed by atoms with E-state index in [1.807, 2.05) is 44.2 Å². The Morgan fingerprint density at radius 2 is 1.84 bits per heavy atom. The summed E-state index contributed by atoms with van der Waals surface area (Å²) in [4.78, 5) is 14.9. The zero-order valence-corrected chi connectivity index (χ0v) is 11.8. The van der Waals surface area contributed by atoms with E-state index in [0.717, 1.165) is 5.56 Å². The highest BCUT2D eigenvalue weighted by molar-refractivity contribution is 7.17. The molecule has 0 atom stereocenters. The summed E-state index contributed by atoms with van der Waals surface area (Å²) in [5, 5.41) is 0. The van der Waals surface area contributed by atoms with Crippen LogP contribution in [0.15, 0.2) is 36.4 Å². The molecule has 1 amide bonds. The lowest BCUT2D eigenvalue weighted by Gasteiger charge is -2.17. The molecule has 1 aromatic heterocycles. The molecular weight excluding hydrogens is 261 g/mol. The molecule has 0 aliphatic carbocycles. The average molecular weight is 277 g/mol. The molecule has 1 heterocycles. The van der Waals surface area contributed by atoms with Crippen LogP contribution in [0.3, 0.4) is 0 Å². The Bertz CT molecular complexity index is 561. The Hall–Kier alpha value is -1.68. The van der Waals surface area contributed by atoms with Gasteiger partial charge in [-0.2, -0.15) is 0 Å². The van der Waals surface area contributed by atoms with E-state index in [0.29, 0.717) is 22.8 Å². The van der Waals surface area contributed by atoms with Gasteiger partial charge in [0, 0.05) is 13.1 Å². The zero-order chi connectivity index (χ0) is 13.8. The number of benzene rings is 1. The molecule has 2 rings (SSSR count). The Balaban J connectivity index is 2.34. The first kappa shape index (κ1) is 13.7. The van der Waals surface area contributed by atoms with E-state index >= 15 is 0 Å². The fourth-order valence-corrected chi connectivity index (χ4v) is 2.94. The average Bonchev–Trinajstić information content (AvgIpc) is 2.83. The third-order valence-corrected chi connectivity index (χ3v) is 4.13. The molecule has 100 valence electrons. The molecular formula is C15H16FNOS. The van der Waals surface area contributed by atoms with E-state index in [2.05, 4.69) is 0 Å². The van der Waals surface area contributed by atoms with Crippen LogP contribution in [0.5, 0.6) is 0 Å². The van der Waals surface area contributed by atoms with Crippen molar-refractivity contribution >= 4 is 17.2 Å². The molecule has 4 heteroatoms. The van der Waals surface area contributed by atoms with Crippen molar-refractivity contribution in [1.29, 1.82) is 0 Å². The smallest absolute Gasteiger partial charge is 0.264 e. The number of amides is 1. The molecule has 0 fully saturated rings. The van der Waals surface area contributed by atoms with E-state index < -0.39 is 0 Å². The highest BCUT2D eigenvalue weighted by Crippen LogP contribution is 2.32. The van der Waals surface area contributed by atoms with Gasteiger partial charge in [0.1, 0.15) is 5.82 Å². The maximum atomic E-state index is 14.0. The van der Waals surface area contributed by atoms with Gasteiger partial charge in [0.2, 0.25) is 0 Å². The standard InChI is InChI=1S/C15H16FNOS/c1-3-17(4-2)15(18)13-10-12(16)14(19-13)11-8-6-5-7-9-11/h5-10H,3-4H2,1-2H3. The maximum absolute atomic E-state index is 14.0. The van der Waals surface area contributed by atoms with E-state index in [4.69, 9.17) is 0 Å². The van der Waals surface area contributed by atoms with E-state index in [-0.39, 0.29) is 11.7 Å². The first-order valence-corrected chi connectivity index (χ1v) is 7.13. The molecule has 0 bridgehead atoms. The van der Waals surface area contributed by atoms with Crippen LogP contribution in [0.1, 0.15) is 23.5 Å².